The first-order valence-electron chi connectivity index (χ1n) is 8.30. The Kier molecular flexibility index (Phi) is 9.23. The van der Waals surface area contributed by atoms with E-state index in [2.05, 4.69) is 34.5 Å². The van der Waals surface area contributed by atoms with Crippen molar-refractivity contribution in [2.45, 2.75) is 58.6 Å². The SMILES string of the molecule is CCCCCC(C)NC(=NCC(O)c1ccncc1)NCC. The van der Waals surface area contributed by atoms with E-state index in [1.165, 1.54) is 19.3 Å². The first kappa shape index (κ1) is 18.4. The van der Waals surface area contributed by atoms with E-state index in [1.807, 2.05) is 19.1 Å². The van der Waals surface area contributed by atoms with Crippen LogP contribution in [0.3, 0.4) is 0 Å². The molecule has 0 bridgehead atoms. The number of nitrogens with one attached hydrogen (secondary N) is 2. The highest BCUT2D eigenvalue weighted by molar-refractivity contribution is 5.80. The molecular formula is C17H30N4O. The fourth-order valence-electron chi connectivity index (χ4n) is 2.19. The predicted molar refractivity (Wildman–Crippen MR) is 91.9 cm³/mol. The van der Waals surface area contributed by atoms with Crippen molar-refractivity contribution in [1.29, 1.82) is 0 Å². The topological polar surface area (TPSA) is 69.5 Å². The van der Waals surface area contributed by atoms with Crippen LogP contribution in [0.2, 0.25) is 0 Å². The summed E-state index contributed by atoms with van der Waals surface area (Å²) in [6.45, 7) is 7.56. The Morgan fingerprint density at radius 1 is 1.27 bits per heavy atom. The van der Waals surface area contributed by atoms with Crippen molar-refractivity contribution >= 4 is 5.96 Å². The first-order chi connectivity index (χ1) is 10.7. The number of aliphatic hydroxyl groups is 1. The summed E-state index contributed by atoms with van der Waals surface area (Å²) in [6, 6.07) is 4.00. The third-order valence-corrected chi connectivity index (χ3v) is 3.48. The minimum absolute atomic E-state index is 0.334. The van der Waals surface area contributed by atoms with E-state index < -0.39 is 6.10 Å². The first-order valence-corrected chi connectivity index (χ1v) is 8.30. The van der Waals surface area contributed by atoms with Crippen LogP contribution in [0.4, 0.5) is 0 Å². The largest absolute Gasteiger partial charge is 0.386 e. The van der Waals surface area contributed by atoms with Crippen LogP contribution < -0.4 is 10.6 Å². The lowest BCUT2D eigenvalue weighted by Crippen LogP contribution is -2.42. The van der Waals surface area contributed by atoms with Gasteiger partial charge in [-0.15, -0.1) is 0 Å². The maximum Gasteiger partial charge on any atom is 0.191 e. The van der Waals surface area contributed by atoms with E-state index in [4.69, 9.17) is 0 Å². The molecule has 0 fully saturated rings. The predicted octanol–water partition coefficient (Wildman–Crippen LogP) is 2.64. The molecule has 1 rings (SSSR count). The molecule has 0 aliphatic rings. The van der Waals surface area contributed by atoms with Crippen molar-refractivity contribution in [2.24, 2.45) is 4.99 Å². The molecule has 1 heterocycles. The average Bonchev–Trinajstić information content (AvgIpc) is 2.53. The van der Waals surface area contributed by atoms with Gasteiger partial charge in [0.1, 0.15) is 0 Å². The average molecular weight is 306 g/mol. The lowest BCUT2D eigenvalue weighted by molar-refractivity contribution is 0.187. The van der Waals surface area contributed by atoms with Gasteiger partial charge in [-0.2, -0.15) is 0 Å². The summed E-state index contributed by atoms with van der Waals surface area (Å²) in [6.07, 6.45) is 7.62. The van der Waals surface area contributed by atoms with Crippen LogP contribution in [0.25, 0.3) is 0 Å². The Balaban J connectivity index is 2.50. The van der Waals surface area contributed by atoms with Gasteiger partial charge in [0.2, 0.25) is 0 Å². The highest BCUT2D eigenvalue weighted by atomic mass is 16.3. The molecule has 0 amide bonds. The van der Waals surface area contributed by atoms with Gasteiger partial charge in [-0.1, -0.05) is 26.2 Å². The highest BCUT2D eigenvalue weighted by Gasteiger charge is 2.08. The van der Waals surface area contributed by atoms with E-state index in [0.29, 0.717) is 12.6 Å². The number of hydrogen-bond acceptors (Lipinski definition) is 3. The molecule has 0 radical (unpaired) electrons. The Morgan fingerprint density at radius 2 is 2.00 bits per heavy atom. The molecule has 5 nitrogen and oxygen atoms in total. The maximum atomic E-state index is 10.2. The number of unbranched alkanes of at least 4 members (excludes halogenated alkanes) is 2. The minimum Gasteiger partial charge on any atom is -0.386 e. The Bertz CT molecular complexity index is 422. The number of rotatable bonds is 9. The molecule has 22 heavy (non-hydrogen) atoms. The van der Waals surface area contributed by atoms with Crippen LogP contribution in [0.15, 0.2) is 29.5 Å². The van der Waals surface area contributed by atoms with Gasteiger partial charge < -0.3 is 15.7 Å². The van der Waals surface area contributed by atoms with Gasteiger partial charge in [-0.05, 0) is 38.0 Å². The number of pyridine rings is 1. The Hall–Kier alpha value is -1.62. The van der Waals surface area contributed by atoms with Gasteiger partial charge in [-0.3, -0.25) is 9.98 Å². The van der Waals surface area contributed by atoms with E-state index >= 15 is 0 Å². The van der Waals surface area contributed by atoms with Crippen molar-refractivity contribution < 1.29 is 5.11 Å². The molecular weight excluding hydrogens is 276 g/mol. The fourth-order valence-corrected chi connectivity index (χ4v) is 2.19. The lowest BCUT2D eigenvalue weighted by Gasteiger charge is -2.18. The molecule has 0 saturated heterocycles. The quantitative estimate of drug-likeness (QED) is 0.373. The van der Waals surface area contributed by atoms with Crippen molar-refractivity contribution in [3.63, 3.8) is 0 Å². The summed E-state index contributed by atoms with van der Waals surface area (Å²) in [4.78, 5) is 8.44. The van der Waals surface area contributed by atoms with Crippen LogP contribution in [0, 0.1) is 0 Å². The second-order valence-electron chi connectivity index (χ2n) is 5.56. The molecule has 0 aliphatic heterocycles. The summed E-state index contributed by atoms with van der Waals surface area (Å²) in [5, 5.41) is 16.8. The van der Waals surface area contributed by atoms with Gasteiger partial charge in [0.15, 0.2) is 5.96 Å². The number of hydrogen-bond donors (Lipinski definition) is 3. The molecule has 3 N–H and O–H groups in total. The van der Waals surface area contributed by atoms with Gasteiger partial charge >= 0.3 is 0 Å². The second-order valence-corrected chi connectivity index (χ2v) is 5.56. The number of aromatic nitrogens is 1. The van der Waals surface area contributed by atoms with Crippen molar-refractivity contribution in [1.82, 2.24) is 15.6 Å². The van der Waals surface area contributed by atoms with E-state index in [1.54, 1.807) is 12.4 Å². The van der Waals surface area contributed by atoms with E-state index in [0.717, 1.165) is 24.5 Å². The third kappa shape index (κ3) is 7.41. The second kappa shape index (κ2) is 11.0. The molecule has 0 aliphatic carbocycles. The number of aliphatic imine (C=N–C) groups is 1. The molecule has 2 atom stereocenters. The van der Waals surface area contributed by atoms with Crippen LogP contribution in [-0.4, -0.2) is 35.2 Å². The molecule has 1 aromatic heterocycles. The summed E-state index contributed by atoms with van der Waals surface area (Å²) >= 11 is 0. The molecule has 1 aromatic rings. The molecule has 124 valence electrons. The van der Waals surface area contributed by atoms with Crippen LogP contribution >= 0.6 is 0 Å². The summed E-state index contributed by atoms with van der Waals surface area (Å²) < 4.78 is 0. The highest BCUT2D eigenvalue weighted by Crippen LogP contribution is 2.11. The standard InChI is InChI=1S/C17H30N4O/c1-4-6-7-8-14(3)21-17(19-5-2)20-13-16(22)15-9-11-18-12-10-15/h9-12,14,16,22H,4-8,13H2,1-3H3,(H2,19,20,21). The number of guanidine groups is 1. The van der Waals surface area contributed by atoms with Crippen molar-refractivity contribution in [3.8, 4) is 0 Å². The molecule has 0 spiro atoms. The Morgan fingerprint density at radius 3 is 2.64 bits per heavy atom. The summed E-state index contributed by atoms with van der Waals surface area (Å²) in [5.74, 6) is 0.764. The lowest BCUT2D eigenvalue weighted by atomic mass is 10.1. The number of aliphatic hydroxyl groups excluding tert-OH is 1. The van der Waals surface area contributed by atoms with Gasteiger partial charge in [0.05, 0.1) is 12.6 Å². The molecule has 2 unspecified atom stereocenters. The smallest absolute Gasteiger partial charge is 0.191 e. The van der Waals surface area contributed by atoms with Crippen molar-refractivity contribution in [3.05, 3.63) is 30.1 Å². The Labute approximate surface area is 134 Å². The minimum atomic E-state index is -0.603. The summed E-state index contributed by atoms with van der Waals surface area (Å²) in [5.41, 5.74) is 0.839. The molecule has 0 aromatic carbocycles. The van der Waals surface area contributed by atoms with Crippen LogP contribution in [-0.2, 0) is 0 Å². The van der Waals surface area contributed by atoms with Crippen LogP contribution in [0.5, 0.6) is 0 Å². The zero-order valence-electron chi connectivity index (χ0n) is 14.0. The molecule has 5 heteroatoms. The maximum absolute atomic E-state index is 10.2. The summed E-state index contributed by atoms with van der Waals surface area (Å²) in [7, 11) is 0. The number of nitrogens with zero attached hydrogens (tertiary/aromatic N) is 2. The van der Waals surface area contributed by atoms with E-state index in [-0.39, 0.29) is 0 Å². The fraction of sp³-hybridized carbons (Fsp3) is 0.647. The van der Waals surface area contributed by atoms with Gasteiger partial charge in [0.25, 0.3) is 0 Å². The monoisotopic (exact) mass is 306 g/mol. The zero-order chi connectivity index (χ0) is 16.2. The molecule has 0 saturated carbocycles. The third-order valence-electron chi connectivity index (χ3n) is 3.48. The zero-order valence-corrected chi connectivity index (χ0v) is 14.0. The normalized spacial score (nSPS) is 14.5. The van der Waals surface area contributed by atoms with Gasteiger partial charge in [0, 0.05) is 25.0 Å². The van der Waals surface area contributed by atoms with Gasteiger partial charge in [-0.25, -0.2) is 0 Å². The van der Waals surface area contributed by atoms with Crippen LogP contribution in [0.1, 0.15) is 58.1 Å². The van der Waals surface area contributed by atoms with Crippen molar-refractivity contribution in [2.75, 3.05) is 13.1 Å². The van der Waals surface area contributed by atoms with E-state index in [9.17, 15) is 5.11 Å².